The van der Waals surface area contributed by atoms with Crippen LogP contribution >= 0.6 is 0 Å². The molecule has 0 saturated heterocycles. The van der Waals surface area contributed by atoms with Crippen molar-refractivity contribution >= 4 is 22.6 Å². The van der Waals surface area contributed by atoms with E-state index in [0.29, 0.717) is 24.7 Å². The predicted octanol–water partition coefficient (Wildman–Crippen LogP) is 3.70. The van der Waals surface area contributed by atoms with Crippen molar-refractivity contribution in [1.29, 1.82) is 0 Å². The second kappa shape index (κ2) is 9.69. The van der Waals surface area contributed by atoms with Gasteiger partial charge in [-0.1, -0.05) is 36.4 Å². The van der Waals surface area contributed by atoms with Gasteiger partial charge in [-0.2, -0.15) is 5.10 Å². The lowest BCUT2D eigenvalue weighted by atomic mass is 9.81. The molecule has 8 heteroatoms. The SMILES string of the molecule is NC[C@H]1CC[C@H](C(=O)N[C@@H](Cc2ccccc2)c2nc(-c3ccc4c(N)n[nH]c4c3)c[nH]2)CC1. The molecule has 1 aliphatic carbocycles. The van der Waals surface area contributed by atoms with Crippen LogP contribution in [0.5, 0.6) is 0 Å². The van der Waals surface area contributed by atoms with Gasteiger partial charge in [0.15, 0.2) is 5.82 Å². The van der Waals surface area contributed by atoms with Gasteiger partial charge < -0.3 is 21.8 Å². The van der Waals surface area contributed by atoms with Crippen molar-refractivity contribution in [2.45, 2.75) is 38.1 Å². The van der Waals surface area contributed by atoms with Crippen molar-refractivity contribution < 1.29 is 4.79 Å². The Morgan fingerprint density at radius 3 is 2.68 bits per heavy atom. The summed E-state index contributed by atoms with van der Waals surface area (Å²) in [5, 5.41) is 11.2. The van der Waals surface area contributed by atoms with Gasteiger partial charge >= 0.3 is 0 Å². The normalized spacial score (nSPS) is 19.2. The minimum absolute atomic E-state index is 0.0312. The number of fused-ring (bicyclic) bond motifs is 1. The topological polar surface area (TPSA) is 138 Å². The fourth-order valence-corrected chi connectivity index (χ4v) is 4.88. The van der Waals surface area contributed by atoms with Crippen LogP contribution in [0, 0.1) is 11.8 Å². The fourth-order valence-electron chi connectivity index (χ4n) is 4.88. The Balaban J connectivity index is 1.37. The van der Waals surface area contributed by atoms with E-state index in [4.69, 9.17) is 16.5 Å². The average molecular weight is 458 g/mol. The summed E-state index contributed by atoms with van der Waals surface area (Å²) < 4.78 is 0. The Morgan fingerprint density at radius 1 is 1.12 bits per heavy atom. The molecule has 1 aliphatic rings. The van der Waals surface area contributed by atoms with Gasteiger partial charge in [-0.15, -0.1) is 0 Å². The summed E-state index contributed by atoms with van der Waals surface area (Å²) in [5.41, 5.74) is 15.5. The summed E-state index contributed by atoms with van der Waals surface area (Å²) in [6.45, 7) is 0.705. The Bertz CT molecular complexity index is 1250. The van der Waals surface area contributed by atoms with Crippen LogP contribution < -0.4 is 16.8 Å². The first-order valence-electron chi connectivity index (χ1n) is 11.9. The molecule has 176 valence electrons. The first-order chi connectivity index (χ1) is 16.6. The highest BCUT2D eigenvalue weighted by Gasteiger charge is 2.28. The van der Waals surface area contributed by atoms with E-state index in [0.717, 1.165) is 59.2 Å². The van der Waals surface area contributed by atoms with E-state index >= 15 is 0 Å². The van der Waals surface area contributed by atoms with Crippen LogP contribution in [0.2, 0.25) is 0 Å². The number of carbonyl (C=O) groups excluding carboxylic acids is 1. The summed E-state index contributed by atoms with van der Waals surface area (Å²) in [5.74, 6) is 1.90. The van der Waals surface area contributed by atoms with Crippen molar-refractivity contribution in [1.82, 2.24) is 25.5 Å². The maximum Gasteiger partial charge on any atom is 0.223 e. The van der Waals surface area contributed by atoms with Gasteiger partial charge in [-0.25, -0.2) is 4.98 Å². The molecular weight excluding hydrogens is 426 g/mol. The molecule has 2 heterocycles. The predicted molar refractivity (Wildman–Crippen MR) is 134 cm³/mol. The number of benzene rings is 2. The molecule has 0 radical (unpaired) electrons. The number of nitrogens with zero attached hydrogens (tertiary/aromatic N) is 2. The highest BCUT2D eigenvalue weighted by Crippen LogP contribution is 2.30. The van der Waals surface area contributed by atoms with Crippen LogP contribution in [-0.2, 0) is 11.2 Å². The molecule has 8 nitrogen and oxygen atoms in total. The van der Waals surface area contributed by atoms with Crippen molar-refractivity contribution in [3.8, 4) is 11.3 Å². The molecule has 7 N–H and O–H groups in total. The third-order valence-electron chi connectivity index (χ3n) is 6.97. The van der Waals surface area contributed by atoms with Crippen LogP contribution in [0.25, 0.3) is 22.2 Å². The average Bonchev–Trinajstić information content (AvgIpc) is 3.51. The molecule has 0 spiro atoms. The van der Waals surface area contributed by atoms with Gasteiger partial charge in [0.1, 0.15) is 5.82 Å². The first-order valence-corrected chi connectivity index (χ1v) is 11.9. The largest absolute Gasteiger partial charge is 0.382 e. The lowest BCUT2D eigenvalue weighted by Crippen LogP contribution is -2.37. The monoisotopic (exact) mass is 457 g/mol. The van der Waals surface area contributed by atoms with Gasteiger partial charge in [0.25, 0.3) is 0 Å². The van der Waals surface area contributed by atoms with Crippen LogP contribution in [0.4, 0.5) is 5.82 Å². The molecule has 4 aromatic rings. The molecule has 1 amide bonds. The number of anilines is 1. The van der Waals surface area contributed by atoms with E-state index in [9.17, 15) is 4.79 Å². The standard InChI is InChI=1S/C26H31N7O/c27-14-17-6-8-18(9-7-17)26(34)31-22(12-16-4-2-1-3-5-16)25-29-15-23(30-25)19-10-11-20-21(13-19)32-33-24(20)28/h1-5,10-11,13,15,17-18,22H,6-9,12,14,27H2,(H,29,30)(H,31,34)(H3,28,32,33)/t17-,18-,22-/m0/s1. The van der Waals surface area contributed by atoms with E-state index in [1.165, 1.54) is 0 Å². The highest BCUT2D eigenvalue weighted by molar-refractivity contribution is 5.91. The lowest BCUT2D eigenvalue weighted by Gasteiger charge is -2.28. The molecule has 34 heavy (non-hydrogen) atoms. The molecule has 1 saturated carbocycles. The van der Waals surface area contributed by atoms with Crippen molar-refractivity contribution in [2.75, 3.05) is 12.3 Å². The van der Waals surface area contributed by atoms with Crippen molar-refractivity contribution in [2.24, 2.45) is 17.6 Å². The number of aromatic amines is 2. The number of hydrogen-bond donors (Lipinski definition) is 5. The third kappa shape index (κ3) is 4.68. The van der Waals surface area contributed by atoms with E-state index < -0.39 is 0 Å². The minimum Gasteiger partial charge on any atom is -0.382 e. The molecule has 2 aromatic heterocycles. The summed E-state index contributed by atoms with van der Waals surface area (Å²) in [6, 6.07) is 15.8. The molecule has 0 unspecified atom stereocenters. The van der Waals surface area contributed by atoms with Gasteiger partial charge in [0.2, 0.25) is 5.91 Å². The third-order valence-corrected chi connectivity index (χ3v) is 6.97. The number of rotatable bonds is 7. The zero-order valence-electron chi connectivity index (χ0n) is 19.1. The second-order valence-corrected chi connectivity index (χ2v) is 9.24. The second-order valence-electron chi connectivity index (χ2n) is 9.24. The minimum atomic E-state index is -0.248. The van der Waals surface area contributed by atoms with Crippen LogP contribution in [-0.4, -0.2) is 32.6 Å². The van der Waals surface area contributed by atoms with Crippen LogP contribution in [0.1, 0.15) is 43.1 Å². The van der Waals surface area contributed by atoms with Gasteiger partial charge in [0, 0.05) is 23.1 Å². The number of imidazole rings is 1. The Kier molecular flexibility index (Phi) is 6.31. The summed E-state index contributed by atoms with van der Waals surface area (Å²) in [4.78, 5) is 21.4. The Hall–Kier alpha value is -3.65. The molecule has 0 bridgehead atoms. The van der Waals surface area contributed by atoms with E-state index in [2.05, 4.69) is 32.6 Å². The first kappa shape index (κ1) is 22.2. The number of nitrogens with one attached hydrogen (secondary N) is 3. The van der Waals surface area contributed by atoms with Gasteiger partial charge in [0.05, 0.1) is 17.3 Å². The zero-order chi connectivity index (χ0) is 23.5. The van der Waals surface area contributed by atoms with E-state index in [1.54, 1.807) is 0 Å². The number of nitrogen functional groups attached to an aromatic ring is 1. The number of hydrogen-bond acceptors (Lipinski definition) is 5. The fraction of sp³-hybridized carbons (Fsp3) is 0.346. The lowest BCUT2D eigenvalue weighted by molar-refractivity contribution is -0.127. The number of nitrogens with two attached hydrogens (primary N) is 2. The highest BCUT2D eigenvalue weighted by atomic mass is 16.1. The number of H-pyrrole nitrogens is 2. The molecular formula is C26H31N7O. The van der Waals surface area contributed by atoms with Crippen molar-refractivity contribution in [3.63, 3.8) is 0 Å². The Morgan fingerprint density at radius 2 is 1.91 bits per heavy atom. The van der Waals surface area contributed by atoms with Crippen LogP contribution in [0.15, 0.2) is 54.7 Å². The Labute approximate surface area is 198 Å². The maximum atomic E-state index is 13.2. The molecule has 0 aliphatic heterocycles. The maximum absolute atomic E-state index is 13.2. The number of aromatic nitrogens is 4. The summed E-state index contributed by atoms with van der Waals surface area (Å²) in [7, 11) is 0. The summed E-state index contributed by atoms with van der Waals surface area (Å²) in [6.07, 6.45) is 6.36. The van der Waals surface area contributed by atoms with E-state index in [1.807, 2.05) is 42.6 Å². The zero-order valence-corrected chi connectivity index (χ0v) is 19.1. The number of carbonyl (C=O) groups is 1. The quantitative estimate of drug-likeness (QED) is 0.288. The van der Waals surface area contributed by atoms with Crippen molar-refractivity contribution in [3.05, 3.63) is 66.1 Å². The molecule has 1 fully saturated rings. The van der Waals surface area contributed by atoms with E-state index in [-0.39, 0.29) is 17.9 Å². The smallest absolute Gasteiger partial charge is 0.223 e. The molecule has 1 atom stereocenters. The van der Waals surface area contributed by atoms with Crippen LogP contribution in [0.3, 0.4) is 0 Å². The summed E-state index contributed by atoms with van der Waals surface area (Å²) >= 11 is 0. The molecule has 5 rings (SSSR count). The van der Waals surface area contributed by atoms with Gasteiger partial charge in [-0.05, 0) is 62.3 Å². The molecule has 2 aromatic carbocycles. The number of amides is 1. The van der Waals surface area contributed by atoms with Gasteiger partial charge in [-0.3, -0.25) is 9.89 Å².